The lowest BCUT2D eigenvalue weighted by Crippen LogP contribution is -2.33. The minimum absolute atomic E-state index is 0.0666. The number of ether oxygens (including phenoxy) is 2. The molecule has 1 aliphatic carbocycles. The van der Waals surface area contributed by atoms with Crippen LogP contribution in [0.4, 0.5) is 0 Å². The molecule has 3 aromatic carbocycles. The van der Waals surface area contributed by atoms with Crippen LogP contribution in [0.15, 0.2) is 78.9 Å². The van der Waals surface area contributed by atoms with Gasteiger partial charge in [-0.05, 0) is 72.6 Å². The molecule has 1 N–H and O–H groups in total. The molecule has 0 saturated heterocycles. The number of rotatable bonds is 16. The number of benzene rings is 3. The molecule has 1 aliphatic rings. The van der Waals surface area contributed by atoms with Crippen LogP contribution >= 0.6 is 0 Å². The second-order valence-corrected chi connectivity index (χ2v) is 11.2. The summed E-state index contributed by atoms with van der Waals surface area (Å²) in [6, 6.07) is 24.8. The standard InChI is InChI=1S/C36H44O5/c1-2-3-4-5-6-7-8-14-25-40-30-23-20-27(21-24-30)19-22-29-26-33(35(37)38)34(32-18-13-12-17-31(29)32)41-36(39)28-15-10-9-11-16-28/h9-13,15-18,20-21,23-24,29,33-34H,2-8,14,19,22,25-26H2,1H3,(H,37,38). The number of carbonyl (C=O) groups is 2. The summed E-state index contributed by atoms with van der Waals surface area (Å²) in [7, 11) is 0. The molecule has 41 heavy (non-hydrogen) atoms. The number of unbranched alkanes of at least 4 members (excludes halogenated alkanes) is 7. The predicted octanol–water partition coefficient (Wildman–Crippen LogP) is 8.93. The topological polar surface area (TPSA) is 72.8 Å². The number of hydrogen-bond donors (Lipinski definition) is 1. The first-order valence-corrected chi connectivity index (χ1v) is 15.4. The Morgan fingerprint density at radius 3 is 2.10 bits per heavy atom. The van der Waals surface area contributed by atoms with Gasteiger partial charge >= 0.3 is 11.9 Å². The number of fused-ring (bicyclic) bond motifs is 1. The predicted molar refractivity (Wildman–Crippen MR) is 162 cm³/mol. The lowest BCUT2D eigenvalue weighted by atomic mass is 9.73. The summed E-state index contributed by atoms with van der Waals surface area (Å²) in [5.41, 5.74) is 3.49. The fourth-order valence-electron chi connectivity index (χ4n) is 5.84. The van der Waals surface area contributed by atoms with Crippen molar-refractivity contribution in [3.05, 3.63) is 101 Å². The van der Waals surface area contributed by atoms with Crippen molar-refractivity contribution in [2.45, 2.75) is 89.6 Å². The monoisotopic (exact) mass is 556 g/mol. The van der Waals surface area contributed by atoms with Gasteiger partial charge in [-0.15, -0.1) is 0 Å². The van der Waals surface area contributed by atoms with Gasteiger partial charge in [0.15, 0.2) is 0 Å². The fourth-order valence-corrected chi connectivity index (χ4v) is 5.84. The number of carboxylic acid groups (broad SMARTS) is 1. The molecule has 3 unspecified atom stereocenters. The van der Waals surface area contributed by atoms with Gasteiger partial charge in [0.25, 0.3) is 0 Å². The Labute approximate surface area is 244 Å². The van der Waals surface area contributed by atoms with E-state index in [-0.39, 0.29) is 5.92 Å². The lowest BCUT2D eigenvalue weighted by Gasteiger charge is -2.35. The maximum Gasteiger partial charge on any atom is 0.338 e. The van der Waals surface area contributed by atoms with Crippen molar-refractivity contribution in [2.24, 2.45) is 5.92 Å². The third-order valence-corrected chi connectivity index (χ3v) is 8.18. The third kappa shape index (κ3) is 8.94. The minimum atomic E-state index is -0.937. The molecule has 0 fully saturated rings. The number of carboxylic acids is 1. The van der Waals surface area contributed by atoms with Crippen LogP contribution in [-0.4, -0.2) is 23.7 Å². The first kappa shape index (κ1) is 30.4. The van der Waals surface area contributed by atoms with Gasteiger partial charge in [-0.25, -0.2) is 4.79 Å². The van der Waals surface area contributed by atoms with E-state index in [4.69, 9.17) is 9.47 Å². The molecule has 5 heteroatoms. The van der Waals surface area contributed by atoms with Crippen molar-refractivity contribution in [3.8, 4) is 5.75 Å². The number of aryl methyl sites for hydroxylation is 1. The van der Waals surface area contributed by atoms with Crippen LogP contribution in [0.25, 0.3) is 0 Å². The molecule has 3 aromatic rings. The van der Waals surface area contributed by atoms with Gasteiger partial charge in [0.2, 0.25) is 0 Å². The minimum Gasteiger partial charge on any atom is -0.494 e. The van der Waals surface area contributed by atoms with Crippen molar-refractivity contribution < 1.29 is 24.2 Å². The molecule has 0 bridgehead atoms. The van der Waals surface area contributed by atoms with Crippen molar-refractivity contribution in [2.75, 3.05) is 6.61 Å². The van der Waals surface area contributed by atoms with Crippen LogP contribution in [0.3, 0.4) is 0 Å². The van der Waals surface area contributed by atoms with E-state index in [1.54, 1.807) is 24.3 Å². The van der Waals surface area contributed by atoms with Crippen molar-refractivity contribution in [3.63, 3.8) is 0 Å². The summed E-state index contributed by atoms with van der Waals surface area (Å²) in [6.45, 7) is 3.00. The largest absolute Gasteiger partial charge is 0.494 e. The molecule has 0 amide bonds. The van der Waals surface area contributed by atoms with Crippen LogP contribution in [0, 0.1) is 5.92 Å². The van der Waals surface area contributed by atoms with Gasteiger partial charge in [-0.3, -0.25) is 4.79 Å². The molecule has 0 heterocycles. The van der Waals surface area contributed by atoms with Gasteiger partial charge < -0.3 is 14.6 Å². The summed E-state index contributed by atoms with van der Waals surface area (Å²) in [4.78, 5) is 25.2. The first-order valence-electron chi connectivity index (χ1n) is 15.4. The SMILES string of the molecule is CCCCCCCCCCOc1ccc(CCC2CC(C(=O)O)C(OC(=O)c3ccccc3)c3ccccc32)cc1. The van der Waals surface area contributed by atoms with Crippen LogP contribution in [0.5, 0.6) is 5.75 Å². The molecular formula is C36H44O5. The van der Waals surface area contributed by atoms with Gasteiger partial charge in [-0.2, -0.15) is 0 Å². The van der Waals surface area contributed by atoms with Gasteiger partial charge in [-0.1, -0.05) is 106 Å². The van der Waals surface area contributed by atoms with E-state index < -0.39 is 24.0 Å². The number of aliphatic carboxylic acids is 1. The summed E-state index contributed by atoms with van der Waals surface area (Å²) >= 11 is 0. The van der Waals surface area contributed by atoms with Crippen molar-refractivity contribution in [1.82, 2.24) is 0 Å². The highest BCUT2D eigenvalue weighted by atomic mass is 16.5. The van der Waals surface area contributed by atoms with E-state index in [1.165, 1.54) is 50.5 Å². The molecule has 218 valence electrons. The van der Waals surface area contributed by atoms with Gasteiger partial charge in [0.05, 0.1) is 18.1 Å². The highest BCUT2D eigenvalue weighted by Crippen LogP contribution is 2.45. The van der Waals surface area contributed by atoms with Crippen LogP contribution in [0.2, 0.25) is 0 Å². The third-order valence-electron chi connectivity index (χ3n) is 8.18. The van der Waals surface area contributed by atoms with Crippen molar-refractivity contribution in [1.29, 1.82) is 0 Å². The molecule has 0 aliphatic heterocycles. The molecule has 0 spiro atoms. The molecular weight excluding hydrogens is 512 g/mol. The van der Waals surface area contributed by atoms with E-state index in [1.807, 2.05) is 42.5 Å². The Balaban J connectivity index is 1.30. The Hall–Kier alpha value is -3.60. The van der Waals surface area contributed by atoms with E-state index in [0.29, 0.717) is 12.0 Å². The smallest absolute Gasteiger partial charge is 0.338 e. The molecule has 0 aromatic heterocycles. The van der Waals surface area contributed by atoms with Crippen LogP contribution in [0.1, 0.15) is 110 Å². The molecule has 4 rings (SSSR count). The zero-order valence-electron chi connectivity index (χ0n) is 24.3. The normalized spacial score (nSPS) is 17.9. The average Bonchev–Trinajstić information content (AvgIpc) is 3.00. The van der Waals surface area contributed by atoms with Crippen LogP contribution in [-0.2, 0) is 16.0 Å². The Morgan fingerprint density at radius 1 is 0.780 bits per heavy atom. The zero-order chi connectivity index (χ0) is 28.9. The average molecular weight is 557 g/mol. The van der Waals surface area contributed by atoms with E-state index >= 15 is 0 Å². The number of carbonyl (C=O) groups excluding carboxylic acids is 1. The Kier molecular flexibility index (Phi) is 11.8. The highest BCUT2D eigenvalue weighted by molar-refractivity contribution is 5.89. The molecule has 0 saturated carbocycles. The van der Waals surface area contributed by atoms with E-state index in [2.05, 4.69) is 19.1 Å². The van der Waals surface area contributed by atoms with Crippen LogP contribution < -0.4 is 4.74 Å². The second kappa shape index (κ2) is 16.0. The highest BCUT2D eigenvalue weighted by Gasteiger charge is 2.41. The molecule has 0 radical (unpaired) electrons. The summed E-state index contributed by atoms with van der Waals surface area (Å²) in [6.07, 6.45) is 11.5. The lowest BCUT2D eigenvalue weighted by molar-refractivity contribution is -0.147. The van der Waals surface area contributed by atoms with Gasteiger partial charge in [0, 0.05) is 0 Å². The first-order chi connectivity index (χ1) is 20.1. The zero-order valence-corrected chi connectivity index (χ0v) is 24.3. The fraction of sp³-hybridized carbons (Fsp3) is 0.444. The number of hydrogen-bond acceptors (Lipinski definition) is 4. The van der Waals surface area contributed by atoms with E-state index in [9.17, 15) is 14.7 Å². The van der Waals surface area contributed by atoms with Gasteiger partial charge in [0.1, 0.15) is 11.9 Å². The molecule has 5 nitrogen and oxygen atoms in total. The maximum absolute atomic E-state index is 12.8. The molecule has 3 atom stereocenters. The maximum atomic E-state index is 12.8. The second-order valence-electron chi connectivity index (χ2n) is 11.2. The number of esters is 1. The summed E-state index contributed by atoms with van der Waals surface area (Å²) in [5, 5.41) is 10.1. The summed E-state index contributed by atoms with van der Waals surface area (Å²) in [5.74, 6) is -1.27. The Bertz CT molecular complexity index is 1220. The quantitative estimate of drug-likeness (QED) is 0.141. The summed E-state index contributed by atoms with van der Waals surface area (Å²) < 4.78 is 11.8. The Morgan fingerprint density at radius 2 is 1.41 bits per heavy atom. The van der Waals surface area contributed by atoms with Crippen molar-refractivity contribution >= 4 is 11.9 Å². The van der Waals surface area contributed by atoms with E-state index in [0.717, 1.165) is 42.7 Å².